The average Bonchev–Trinajstić information content (AvgIpc) is 3.04. The minimum atomic E-state index is 0.884. The molecule has 90 valence electrons. The monoisotopic (exact) mass is 248 g/mol. The van der Waals surface area contributed by atoms with Gasteiger partial charge in [-0.15, -0.1) is 9.61 Å². The van der Waals surface area contributed by atoms with Crippen LogP contribution in [0.15, 0.2) is 49.2 Å². The summed E-state index contributed by atoms with van der Waals surface area (Å²) >= 11 is 0. The van der Waals surface area contributed by atoms with Gasteiger partial charge < -0.3 is 0 Å². The van der Waals surface area contributed by atoms with Crippen molar-refractivity contribution in [1.82, 2.24) is 19.2 Å². The normalized spacial score (nSPS) is 13.1. The van der Waals surface area contributed by atoms with Crippen LogP contribution in [0.25, 0.3) is 22.6 Å². The highest BCUT2D eigenvalue weighted by atomic mass is 15.3. The number of hydrogen-bond donors (Lipinski definition) is 0. The fraction of sp³-hybridized carbons (Fsp3) is 0.0714. The summed E-state index contributed by atoms with van der Waals surface area (Å²) in [7, 11) is 0. The number of fused-ring (bicyclic) bond motifs is 7. The summed E-state index contributed by atoms with van der Waals surface area (Å²) in [5.41, 5.74) is 5.65. The van der Waals surface area contributed by atoms with E-state index in [0.29, 0.717) is 0 Å². The second-order valence-corrected chi connectivity index (χ2v) is 4.82. The Morgan fingerprint density at radius 1 is 1.16 bits per heavy atom. The molecule has 0 spiro atoms. The molecule has 0 saturated carbocycles. The van der Waals surface area contributed by atoms with Crippen LogP contribution in [0.3, 0.4) is 0 Å². The molecule has 0 N–H and O–H groups in total. The van der Waals surface area contributed by atoms with Crippen molar-refractivity contribution in [2.45, 2.75) is 6.54 Å². The number of hydrogen-bond acceptors (Lipinski definition) is 2. The molecule has 0 bridgehead atoms. The Labute approximate surface area is 108 Å². The Bertz CT molecular complexity index is 947. The summed E-state index contributed by atoms with van der Waals surface area (Å²) in [6.45, 7) is 0.884. The molecule has 5 nitrogen and oxygen atoms in total. The SMILES string of the molecule is c1cnc2c(c1)Cn1c[n+]3cc4cccnn4c3c1-2. The molecule has 19 heavy (non-hydrogen) atoms. The maximum atomic E-state index is 4.53. The molecule has 0 radical (unpaired) electrons. The standard InChI is InChI=1S/C14H10N5/c1-3-10-7-17-9-18-8-11-4-2-6-16-19(11)14(18)13(17)12(10)15-5-1/h1-6,8-9H,7H2/q+1. The van der Waals surface area contributed by atoms with E-state index in [-0.39, 0.29) is 0 Å². The summed E-state index contributed by atoms with van der Waals surface area (Å²) in [5.74, 6) is 0. The van der Waals surface area contributed by atoms with Crippen LogP contribution in [0.4, 0.5) is 0 Å². The maximum absolute atomic E-state index is 4.53. The second kappa shape index (κ2) is 3.00. The predicted octanol–water partition coefficient (Wildman–Crippen LogP) is 1.30. The quantitative estimate of drug-likeness (QED) is 0.387. The van der Waals surface area contributed by atoms with Gasteiger partial charge in [0.25, 0.3) is 5.65 Å². The number of imidazole rings is 2. The van der Waals surface area contributed by atoms with Gasteiger partial charge in [0.1, 0.15) is 11.9 Å². The lowest BCUT2D eigenvalue weighted by Gasteiger charge is -1.92. The van der Waals surface area contributed by atoms with Gasteiger partial charge in [-0.25, -0.2) is 4.40 Å². The number of aromatic nitrogens is 5. The van der Waals surface area contributed by atoms with Crippen molar-refractivity contribution in [1.29, 1.82) is 0 Å². The van der Waals surface area contributed by atoms with Crippen molar-refractivity contribution in [2.75, 3.05) is 0 Å². The van der Waals surface area contributed by atoms with Crippen LogP contribution in [-0.4, -0.2) is 19.2 Å². The highest BCUT2D eigenvalue weighted by Gasteiger charge is 2.31. The fourth-order valence-electron chi connectivity index (χ4n) is 2.94. The van der Waals surface area contributed by atoms with Crippen LogP contribution in [0.5, 0.6) is 0 Å². The number of nitrogens with zero attached hydrogens (tertiary/aromatic N) is 5. The van der Waals surface area contributed by atoms with Gasteiger partial charge in [-0.1, -0.05) is 6.07 Å². The molecule has 0 saturated heterocycles. The first kappa shape index (κ1) is 9.27. The first-order valence-electron chi connectivity index (χ1n) is 6.23. The van der Waals surface area contributed by atoms with Gasteiger partial charge in [0.15, 0.2) is 11.8 Å². The number of pyridine rings is 1. The van der Waals surface area contributed by atoms with E-state index < -0.39 is 0 Å². The Morgan fingerprint density at radius 2 is 2.11 bits per heavy atom. The van der Waals surface area contributed by atoms with E-state index in [1.165, 1.54) is 5.56 Å². The maximum Gasteiger partial charge on any atom is 0.299 e. The highest BCUT2D eigenvalue weighted by molar-refractivity contribution is 5.76. The van der Waals surface area contributed by atoms with Gasteiger partial charge in [-0.2, -0.15) is 0 Å². The minimum absolute atomic E-state index is 0.884. The van der Waals surface area contributed by atoms with Crippen LogP contribution < -0.4 is 4.40 Å². The Morgan fingerprint density at radius 3 is 3.11 bits per heavy atom. The van der Waals surface area contributed by atoms with Crippen LogP contribution in [0.2, 0.25) is 0 Å². The van der Waals surface area contributed by atoms with E-state index >= 15 is 0 Å². The van der Waals surface area contributed by atoms with E-state index in [1.54, 1.807) is 0 Å². The number of rotatable bonds is 0. The molecule has 4 aromatic rings. The van der Waals surface area contributed by atoms with Gasteiger partial charge >= 0.3 is 0 Å². The lowest BCUT2D eigenvalue weighted by Crippen LogP contribution is -2.15. The molecule has 0 fully saturated rings. The Balaban J connectivity index is 2.00. The molecule has 5 heterocycles. The Hall–Kier alpha value is -2.69. The summed E-state index contributed by atoms with van der Waals surface area (Å²) in [4.78, 5) is 4.53. The highest BCUT2D eigenvalue weighted by Crippen LogP contribution is 2.31. The summed E-state index contributed by atoms with van der Waals surface area (Å²) < 4.78 is 6.32. The van der Waals surface area contributed by atoms with Gasteiger partial charge in [0.2, 0.25) is 5.69 Å². The molecular formula is C14H10N5+. The lowest BCUT2D eigenvalue weighted by atomic mass is 10.2. The van der Waals surface area contributed by atoms with E-state index in [9.17, 15) is 0 Å². The van der Waals surface area contributed by atoms with Crippen LogP contribution >= 0.6 is 0 Å². The van der Waals surface area contributed by atoms with Crippen LogP contribution in [0, 0.1) is 0 Å². The largest absolute Gasteiger partial charge is 0.299 e. The molecule has 0 aliphatic carbocycles. The topological polar surface area (TPSA) is 39.2 Å². The molecule has 0 unspecified atom stereocenters. The molecule has 0 amide bonds. The molecule has 1 aliphatic rings. The summed E-state index contributed by atoms with van der Waals surface area (Å²) in [6.07, 6.45) is 7.86. The van der Waals surface area contributed by atoms with Gasteiger partial charge in [0.05, 0.1) is 12.7 Å². The fourth-order valence-corrected chi connectivity index (χ4v) is 2.94. The predicted molar refractivity (Wildman–Crippen MR) is 68.7 cm³/mol. The van der Waals surface area contributed by atoms with Crippen molar-refractivity contribution < 1.29 is 4.40 Å². The van der Waals surface area contributed by atoms with E-state index in [1.807, 2.05) is 29.0 Å². The van der Waals surface area contributed by atoms with E-state index in [0.717, 1.165) is 29.1 Å². The van der Waals surface area contributed by atoms with Crippen LogP contribution in [-0.2, 0) is 6.54 Å². The third-order valence-corrected chi connectivity index (χ3v) is 3.72. The summed E-state index contributed by atoms with van der Waals surface area (Å²) in [5, 5.41) is 4.45. The van der Waals surface area contributed by atoms with Gasteiger partial charge in [-0.3, -0.25) is 9.55 Å². The van der Waals surface area contributed by atoms with Crippen LogP contribution in [0.1, 0.15) is 5.56 Å². The van der Waals surface area contributed by atoms with Gasteiger partial charge in [-0.05, 0) is 18.2 Å². The van der Waals surface area contributed by atoms with E-state index in [2.05, 4.69) is 43.7 Å². The third-order valence-electron chi connectivity index (χ3n) is 3.72. The van der Waals surface area contributed by atoms with Crippen molar-refractivity contribution in [3.8, 4) is 11.4 Å². The van der Waals surface area contributed by atoms with Crippen molar-refractivity contribution >= 4 is 11.2 Å². The van der Waals surface area contributed by atoms with Gasteiger partial charge in [0, 0.05) is 11.8 Å². The third kappa shape index (κ3) is 1.03. The first-order valence-corrected chi connectivity index (χ1v) is 6.23. The van der Waals surface area contributed by atoms with Crippen molar-refractivity contribution in [3.63, 3.8) is 0 Å². The lowest BCUT2D eigenvalue weighted by molar-refractivity contribution is -0.510. The zero-order valence-electron chi connectivity index (χ0n) is 10.1. The molecule has 0 aromatic carbocycles. The second-order valence-electron chi connectivity index (χ2n) is 4.82. The molecule has 5 heteroatoms. The molecular weight excluding hydrogens is 238 g/mol. The smallest absolute Gasteiger partial charge is 0.254 e. The average molecular weight is 248 g/mol. The minimum Gasteiger partial charge on any atom is -0.254 e. The zero-order valence-corrected chi connectivity index (χ0v) is 10.1. The first-order chi connectivity index (χ1) is 9.42. The zero-order chi connectivity index (χ0) is 12.4. The van der Waals surface area contributed by atoms with Crippen molar-refractivity contribution in [2.24, 2.45) is 0 Å². The molecule has 5 rings (SSSR count). The van der Waals surface area contributed by atoms with E-state index in [4.69, 9.17) is 0 Å². The molecule has 1 aliphatic heterocycles. The molecule has 0 atom stereocenters. The van der Waals surface area contributed by atoms with Crippen molar-refractivity contribution in [3.05, 3.63) is 54.7 Å². The molecule has 4 aromatic heterocycles. The Kier molecular flexibility index (Phi) is 1.46. The summed E-state index contributed by atoms with van der Waals surface area (Å²) in [6, 6.07) is 8.14.